The number of carboxylic acids is 1. The highest BCUT2D eigenvalue weighted by molar-refractivity contribution is 5.71. The molecule has 2 unspecified atom stereocenters. The summed E-state index contributed by atoms with van der Waals surface area (Å²) in [5, 5.41) is 18.4. The molecule has 126 valence electrons. The third kappa shape index (κ3) is 3.57. The van der Waals surface area contributed by atoms with E-state index in [0.717, 1.165) is 11.0 Å². The lowest BCUT2D eigenvalue weighted by molar-refractivity contribution is -0.144. The van der Waals surface area contributed by atoms with Gasteiger partial charge in [-0.15, -0.1) is 0 Å². The van der Waals surface area contributed by atoms with Crippen LogP contribution in [0.15, 0.2) is 18.2 Å². The topological polar surface area (TPSA) is 77.8 Å². The lowest BCUT2D eigenvalue weighted by atomic mass is 9.86. The Bertz CT molecular complexity index is 630. The molecule has 0 radical (unpaired) electrons. The standard InChI is InChI=1S/C15H16F3NO4/c1-8-6-9(2-3-11(8)15(16,17)18)12-7-10(13(20)21)4-5-19(12)14(22)23/h2-3,6,10,12H,4-5,7H2,1H3,(H,20,21)(H,22,23). The van der Waals surface area contributed by atoms with Crippen molar-refractivity contribution >= 4 is 12.1 Å². The van der Waals surface area contributed by atoms with Gasteiger partial charge in [0.25, 0.3) is 0 Å². The van der Waals surface area contributed by atoms with Crippen molar-refractivity contribution in [2.24, 2.45) is 5.92 Å². The van der Waals surface area contributed by atoms with Crippen LogP contribution in [0, 0.1) is 12.8 Å². The summed E-state index contributed by atoms with van der Waals surface area (Å²) in [5.41, 5.74) is -0.421. The summed E-state index contributed by atoms with van der Waals surface area (Å²) in [5.74, 6) is -1.73. The van der Waals surface area contributed by atoms with Gasteiger partial charge in [0.2, 0.25) is 0 Å². The number of aryl methyl sites for hydroxylation is 1. The Morgan fingerprint density at radius 3 is 2.39 bits per heavy atom. The van der Waals surface area contributed by atoms with Gasteiger partial charge in [-0.05, 0) is 37.0 Å². The van der Waals surface area contributed by atoms with E-state index >= 15 is 0 Å². The minimum absolute atomic E-state index is 0.0159. The molecule has 0 saturated carbocycles. The fourth-order valence-electron chi connectivity index (χ4n) is 2.95. The molecule has 1 aromatic carbocycles. The predicted octanol–water partition coefficient (Wildman–Crippen LogP) is 3.53. The molecule has 1 heterocycles. The summed E-state index contributed by atoms with van der Waals surface area (Å²) < 4.78 is 38.4. The molecule has 0 spiro atoms. The third-order valence-corrected chi connectivity index (χ3v) is 4.14. The number of benzene rings is 1. The van der Waals surface area contributed by atoms with Crippen LogP contribution in [-0.4, -0.2) is 33.7 Å². The number of amides is 1. The zero-order valence-electron chi connectivity index (χ0n) is 12.3. The second kappa shape index (κ2) is 6.10. The van der Waals surface area contributed by atoms with Crippen molar-refractivity contribution < 1.29 is 33.0 Å². The Morgan fingerprint density at radius 2 is 1.91 bits per heavy atom. The number of carbonyl (C=O) groups is 2. The van der Waals surface area contributed by atoms with E-state index in [9.17, 15) is 27.9 Å². The average Bonchev–Trinajstić information content (AvgIpc) is 2.44. The van der Waals surface area contributed by atoms with Crippen molar-refractivity contribution in [1.29, 1.82) is 0 Å². The van der Waals surface area contributed by atoms with Crippen LogP contribution >= 0.6 is 0 Å². The molecule has 1 fully saturated rings. The minimum atomic E-state index is -4.48. The molecular formula is C15H16F3NO4. The number of aliphatic carboxylic acids is 1. The number of alkyl halides is 3. The van der Waals surface area contributed by atoms with Gasteiger partial charge in [0, 0.05) is 6.54 Å². The van der Waals surface area contributed by atoms with E-state index in [1.807, 2.05) is 0 Å². The summed E-state index contributed by atoms with van der Waals surface area (Å²) in [6, 6.07) is 2.66. The Morgan fingerprint density at radius 1 is 1.26 bits per heavy atom. The van der Waals surface area contributed by atoms with Crippen molar-refractivity contribution in [2.75, 3.05) is 6.54 Å². The van der Waals surface area contributed by atoms with Crippen molar-refractivity contribution in [3.8, 4) is 0 Å². The number of carboxylic acid groups (broad SMARTS) is 2. The molecule has 1 saturated heterocycles. The molecule has 0 aliphatic carbocycles. The highest BCUT2D eigenvalue weighted by Crippen LogP contribution is 2.37. The van der Waals surface area contributed by atoms with Crippen LogP contribution in [0.1, 0.15) is 35.6 Å². The number of nitrogens with zero attached hydrogens (tertiary/aromatic N) is 1. The zero-order valence-corrected chi connectivity index (χ0v) is 12.3. The monoisotopic (exact) mass is 331 g/mol. The Hall–Kier alpha value is -2.25. The third-order valence-electron chi connectivity index (χ3n) is 4.14. The molecule has 0 bridgehead atoms. The summed E-state index contributed by atoms with van der Waals surface area (Å²) in [6.07, 6.45) is -5.45. The fourth-order valence-corrected chi connectivity index (χ4v) is 2.95. The highest BCUT2D eigenvalue weighted by Gasteiger charge is 2.37. The van der Waals surface area contributed by atoms with E-state index in [-0.39, 0.29) is 24.9 Å². The van der Waals surface area contributed by atoms with Crippen molar-refractivity contribution in [1.82, 2.24) is 4.90 Å². The Kier molecular flexibility index (Phi) is 4.53. The van der Waals surface area contributed by atoms with Crippen LogP contribution < -0.4 is 0 Å². The number of hydrogen-bond donors (Lipinski definition) is 2. The van der Waals surface area contributed by atoms with Gasteiger partial charge >= 0.3 is 18.2 Å². The van der Waals surface area contributed by atoms with Gasteiger partial charge in [0.05, 0.1) is 17.5 Å². The summed E-state index contributed by atoms with van der Waals surface area (Å²) >= 11 is 0. The molecule has 2 N–H and O–H groups in total. The largest absolute Gasteiger partial charge is 0.481 e. The highest BCUT2D eigenvalue weighted by atomic mass is 19.4. The maximum absolute atomic E-state index is 12.8. The smallest absolute Gasteiger partial charge is 0.416 e. The maximum Gasteiger partial charge on any atom is 0.416 e. The van der Waals surface area contributed by atoms with E-state index in [1.165, 1.54) is 19.1 Å². The van der Waals surface area contributed by atoms with E-state index in [0.29, 0.717) is 5.56 Å². The number of rotatable bonds is 2. The fraction of sp³-hybridized carbons (Fsp3) is 0.467. The molecular weight excluding hydrogens is 315 g/mol. The van der Waals surface area contributed by atoms with Crippen LogP contribution in [0.25, 0.3) is 0 Å². The van der Waals surface area contributed by atoms with E-state index in [1.54, 1.807) is 0 Å². The first-order valence-electron chi connectivity index (χ1n) is 7.01. The molecule has 0 aromatic heterocycles. The second-order valence-electron chi connectivity index (χ2n) is 5.62. The summed E-state index contributed by atoms with van der Waals surface area (Å²) in [4.78, 5) is 23.6. The van der Waals surface area contributed by atoms with Crippen LogP contribution in [0.2, 0.25) is 0 Å². The van der Waals surface area contributed by atoms with E-state index in [4.69, 9.17) is 5.11 Å². The number of hydrogen-bond acceptors (Lipinski definition) is 2. The van der Waals surface area contributed by atoms with Crippen LogP contribution in [-0.2, 0) is 11.0 Å². The predicted molar refractivity (Wildman–Crippen MR) is 74.0 cm³/mol. The lowest BCUT2D eigenvalue weighted by Crippen LogP contribution is -2.42. The van der Waals surface area contributed by atoms with Gasteiger partial charge in [0.1, 0.15) is 0 Å². The first-order chi connectivity index (χ1) is 10.6. The molecule has 5 nitrogen and oxygen atoms in total. The summed E-state index contributed by atoms with van der Waals surface area (Å²) in [7, 11) is 0. The number of piperidine rings is 1. The van der Waals surface area contributed by atoms with E-state index in [2.05, 4.69) is 0 Å². The zero-order chi connectivity index (χ0) is 17.4. The molecule has 1 amide bonds. The molecule has 2 atom stereocenters. The molecule has 1 aliphatic heterocycles. The van der Waals surface area contributed by atoms with Crippen LogP contribution in [0.4, 0.5) is 18.0 Å². The SMILES string of the molecule is Cc1cc(C2CC(C(=O)O)CCN2C(=O)O)ccc1C(F)(F)F. The van der Waals surface area contributed by atoms with Gasteiger partial charge in [-0.3, -0.25) is 4.79 Å². The molecule has 2 rings (SSSR count). The van der Waals surface area contributed by atoms with Crippen molar-refractivity contribution in [3.63, 3.8) is 0 Å². The number of halogens is 3. The Labute approximate surface area is 130 Å². The van der Waals surface area contributed by atoms with Crippen molar-refractivity contribution in [2.45, 2.75) is 32.0 Å². The number of likely N-dealkylation sites (tertiary alicyclic amines) is 1. The van der Waals surface area contributed by atoms with Crippen LogP contribution in [0.5, 0.6) is 0 Å². The van der Waals surface area contributed by atoms with Gasteiger partial charge in [-0.1, -0.05) is 12.1 Å². The molecule has 1 aliphatic rings. The Balaban J connectivity index is 2.37. The normalized spacial score (nSPS) is 22.0. The van der Waals surface area contributed by atoms with Gasteiger partial charge in [-0.2, -0.15) is 13.2 Å². The first kappa shape index (κ1) is 17.1. The van der Waals surface area contributed by atoms with E-state index < -0.39 is 35.8 Å². The van der Waals surface area contributed by atoms with Crippen molar-refractivity contribution in [3.05, 3.63) is 34.9 Å². The summed E-state index contributed by atoms with van der Waals surface area (Å²) in [6.45, 7) is 1.34. The first-order valence-corrected chi connectivity index (χ1v) is 7.01. The average molecular weight is 331 g/mol. The van der Waals surface area contributed by atoms with Gasteiger partial charge < -0.3 is 15.1 Å². The molecule has 23 heavy (non-hydrogen) atoms. The second-order valence-corrected chi connectivity index (χ2v) is 5.62. The molecule has 1 aromatic rings. The minimum Gasteiger partial charge on any atom is -0.481 e. The quantitative estimate of drug-likeness (QED) is 0.869. The van der Waals surface area contributed by atoms with Gasteiger partial charge in [-0.25, -0.2) is 4.79 Å². The molecule has 8 heteroatoms. The van der Waals surface area contributed by atoms with Crippen LogP contribution in [0.3, 0.4) is 0 Å². The van der Waals surface area contributed by atoms with Gasteiger partial charge in [0.15, 0.2) is 0 Å². The maximum atomic E-state index is 12.8. The lowest BCUT2D eigenvalue weighted by Gasteiger charge is -2.37.